The predicted octanol–water partition coefficient (Wildman–Crippen LogP) is 3.73. The number of likely N-dealkylation sites (N-methyl/N-ethyl adjacent to an activating group) is 1. The van der Waals surface area contributed by atoms with Crippen molar-refractivity contribution in [2.75, 3.05) is 28.0 Å². The van der Waals surface area contributed by atoms with Crippen molar-refractivity contribution in [2.45, 2.75) is 32.0 Å². The van der Waals surface area contributed by atoms with Crippen molar-refractivity contribution in [3.05, 3.63) is 46.9 Å². The van der Waals surface area contributed by atoms with Gasteiger partial charge < -0.3 is 16.0 Å². The third-order valence-electron chi connectivity index (χ3n) is 5.13. The number of aromatic nitrogens is 2. The van der Waals surface area contributed by atoms with Gasteiger partial charge in [-0.1, -0.05) is 0 Å². The van der Waals surface area contributed by atoms with Crippen LogP contribution in [0.1, 0.15) is 25.0 Å². The molecule has 0 atom stereocenters. The Bertz CT molecular complexity index is 990. The van der Waals surface area contributed by atoms with E-state index >= 15 is 0 Å². The van der Waals surface area contributed by atoms with Crippen LogP contribution in [0.25, 0.3) is 0 Å². The fourth-order valence-corrected chi connectivity index (χ4v) is 3.99. The molecule has 154 valence electrons. The van der Waals surface area contributed by atoms with E-state index in [0.717, 1.165) is 24.4 Å². The van der Waals surface area contributed by atoms with E-state index in [1.165, 1.54) is 17.5 Å². The first-order valence-corrected chi connectivity index (χ1v) is 9.63. The van der Waals surface area contributed by atoms with E-state index in [1.807, 2.05) is 19.3 Å². The quantitative estimate of drug-likeness (QED) is 0.645. The molecule has 0 fully saturated rings. The first-order valence-electron chi connectivity index (χ1n) is 8.81. The predicted molar refractivity (Wildman–Crippen MR) is 109 cm³/mol. The van der Waals surface area contributed by atoms with E-state index in [-0.39, 0.29) is 11.4 Å². The molecule has 4 N–H and O–H groups in total. The molecule has 2 aliphatic rings. The summed E-state index contributed by atoms with van der Waals surface area (Å²) in [5.41, 5.74) is 6.59. The van der Waals surface area contributed by atoms with Crippen LogP contribution in [0.3, 0.4) is 0 Å². The molecule has 11 heteroatoms. The molecular formula is C18H20F3N7S. The number of hydrazine groups is 1. The number of fused-ring (bicyclic) bond motifs is 1. The molecule has 0 unspecified atom stereocenters. The molecular weight excluding hydrogens is 403 g/mol. The summed E-state index contributed by atoms with van der Waals surface area (Å²) in [6.07, 6.45) is 0.963. The Morgan fingerprint density at radius 3 is 2.79 bits per heavy atom. The van der Waals surface area contributed by atoms with Gasteiger partial charge in [0.05, 0.1) is 29.3 Å². The van der Waals surface area contributed by atoms with Gasteiger partial charge in [0.1, 0.15) is 10.8 Å². The average Bonchev–Trinajstić information content (AvgIpc) is 3.18. The fourth-order valence-electron chi connectivity index (χ4n) is 3.34. The highest BCUT2D eigenvalue weighted by Gasteiger charge is 2.35. The van der Waals surface area contributed by atoms with Gasteiger partial charge in [0.25, 0.3) is 0 Å². The van der Waals surface area contributed by atoms with Crippen molar-refractivity contribution < 1.29 is 13.2 Å². The first kappa shape index (κ1) is 19.6. The smallest absolute Gasteiger partial charge is 0.395 e. The fraction of sp³-hybridized carbons (Fsp3) is 0.333. The number of nitrogens with zero attached hydrogens (tertiary/aromatic N) is 4. The van der Waals surface area contributed by atoms with Crippen molar-refractivity contribution in [1.82, 2.24) is 14.8 Å². The summed E-state index contributed by atoms with van der Waals surface area (Å²) in [6, 6.07) is 2.86. The Kier molecular flexibility index (Phi) is 4.54. The Morgan fingerprint density at radius 2 is 2.07 bits per heavy atom. The summed E-state index contributed by atoms with van der Waals surface area (Å²) in [5.74, 6) is 0.636. The molecule has 7 nitrogen and oxygen atoms in total. The first-order chi connectivity index (χ1) is 13.6. The van der Waals surface area contributed by atoms with Crippen molar-refractivity contribution in [1.29, 1.82) is 0 Å². The number of halogens is 3. The monoisotopic (exact) mass is 423 g/mol. The molecule has 2 aliphatic heterocycles. The van der Waals surface area contributed by atoms with Crippen LogP contribution in [-0.4, -0.2) is 22.6 Å². The van der Waals surface area contributed by atoms with Gasteiger partial charge in [-0.2, -0.15) is 18.0 Å². The maximum Gasteiger partial charge on any atom is 0.418 e. The van der Waals surface area contributed by atoms with Crippen molar-refractivity contribution >= 4 is 35.0 Å². The second kappa shape index (κ2) is 6.70. The van der Waals surface area contributed by atoms with E-state index in [1.54, 1.807) is 11.2 Å². The topological polar surface area (TPSA) is 82.3 Å². The van der Waals surface area contributed by atoms with Gasteiger partial charge in [0.2, 0.25) is 0 Å². The largest absolute Gasteiger partial charge is 0.418 e. The molecule has 4 heterocycles. The van der Waals surface area contributed by atoms with Gasteiger partial charge in [-0.3, -0.25) is 5.01 Å². The van der Waals surface area contributed by atoms with E-state index in [0.29, 0.717) is 10.8 Å². The standard InChI is InChI=1S/C18H20F3N7S/c1-17(2)7-10-6-13(24-8-12(10)27(17)3)28-9-14(29-26-28)25-16-15(22)11(4-5-23-16)18(19,20)21/h4-6,8-9,26H,7,22H2,1-3H3,(H,23,25). The number of hydrogen-bond donors (Lipinski definition) is 3. The van der Waals surface area contributed by atoms with Crippen LogP contribution in [0.5, 0.6) is 0 Å². The minimum Gasteiger partial charge on any atom is -0.395 e. The van der Waals surface area contributed by atoms with Crippen molar-refractivity contribution in [2.24, 2.45) is 0 Å². The lowest BCUT2D eigenvalue weighted by atomic mass is 10.00. The minimum absolute atomic E-state index is 0.0189. The normalized spacial score (nSPS) is 18.1. The molecule has 29 heavy (non-hydrogen) atoms. The molecule has 0 aliphatic carbocycles. The molecule has 2 aromatic heterocycles. The van der Waals surface area contributed by atoms with Gasteiger partial charge in [0.15, 0.2) is 5.82 Å². The van der Waals surface area contributed by atoms with Crippen molar-refractivity contribution in [3.8, 4) is 0 Å². The van der Waals surface area contributed by atoms with Crippen molar-refractivity contribution in [3.63, 3.8) is 0 Å². The second-order valence-corrected chi connectivity index (χ2v) is 8.35. The molecule has 0 aromatic carbocycles. The Labute approximate surface area is 170 Å². The lowest BCUT2D eigenvalue weighted by molar-refractivity contribution is -0.136. The van der Waals surface area contributed by atoms with Crippen LogP contribution in [0.15, 0.2) is 35.8 Å². The van der Waals surface area contributed by atoms with Crippen LogP contribution < -0.4 is 25.8 Å². The Hall–Kier alpha value is -2.66. The minimum atomic E-state index is -4.54. The molecule has 0 spiro atoms. The average molecular weight is 423 g/mol. The number of nitrogens with two attached hydrogens (primary N) is 1. The molecule has 0 bridgehead atoms. The van der Waals surface area contributed by atoms with E-state index in [4.69, 9.17) is 5.73 Å². The highest BCUT2D eigenvalue weighted by Crippen LogP contribution is 2.39. The highest BCUT2D eigenvalue weighted by atomic mass is 32.2. The van der Waals surface area contributed by atoms with E-state index in [2.05, 4.69) is 38.9 Å². The third-order valence-corrected chi connectivity index (χ3v) is 5.84. The Balaban J connectivity index is 1.55. The summed E-state index contributed by atoms with van der Waals surface area (Å²) in [5, 5.41) is 5.08. The SMILES string of the molecule is CN1c2cnc(N3C=C(Nc4nccc(C(F)(F)F)c4N)SN3)cc2CC1(C)C. The second-order valence-electron chi connectivity index (χ2n) is 7.52. The van der Waals surface area contributed by atoms with E-state index in [9.17, 15) is 13.2 Å². The van der Waals surface area contributed by atoms with Crippen LogP contribution in [0.4, 0.5) is 36.2 Å². The molecule has 0 radical (unpaired) electrons. The molecule has 2 aromatic rings. The number of anilines is 4. The maximum atomic E-state index is 13.0. The van der Waals surface area contributed by atoms with Crippen LogP contribution >= 0.6 is 11.9 Å². The van der Waals surface area contributed by atoms with Gasteiger partial charge in [-0.15, -0.1) is 0 Å². The molecule has 0 saturated heterocycles. The number of nitrogens with one attached hydrogen (secondary N) is 2. The number of hydrogen-bond acceptors (Lipinski definition) is 8. The van der Waals surface area contributed by atoms with Gasteiger partial charge in [-0.25, -0.2) is 9.97 Å². The number of nitrogen functional groups attached to an aromatic ring is 1. The lowest BCUT2D eigenvalue weighted by Crippen LogP contribution is -2.37. The van der Waals surface area contributed by atoms with Gasteiger partial charge >= 0.3 is 6.18 Å². The number of alkyl halides is 3. The summed E-state index contributed by atoms with van der Waals surface area (Å²) in [4.78, 5) is 13.7. The number of rotatable bonds is 3. The van der Waals surface area contributed by atoms with E-state index < -0.39 is 17.4 Å². The highest BCUT2D eigenvalue weighted by molar-refractivity contribution is 8.01. The summed E-state index contributed by atoms with van der Waals surface area (Å²) < 4.78 is 39.1. The van der Waals surface area contributed by atoms with Crippen LogP contribution in [0, 0.1) is 0 Å². The van der Waals surface area contributed by atoms with Gasteiger partial charge in [-0.05, 0) is 49.9 Å². The summed E-state index contributed by atoms with van der Waals surface area (Å²) >= 11 is 1.19. The van der Waals surface area contributed by atoms with Crippen LogP contribution in [0.2, 0.25) is 0 Å². The molecule has 0 saturated carbocycles. The van der Waals surface area contributed by atoms with Crippen LogP contribution in [-0.2, 0) is 12.6 Å². The Morgan fingerprint density at radius 1 is 1.31 bits per heavy atom. The lowest BCUT2D eigenvalue weighted by Gasteiger charge is -2.29. The zero-order valence-corrected chi connectivity index (χ0v) is 16.8. The maximum absolute atomic E-state index is 13.0. The summed E-state index contributed by atoms with van der Waals surface area (Å²) in [6.45, 7) is 4.34. The summed E-state index contributed by atoms with van der Waals surface area (Å²) in [7, 11) is 2.05. The van der Waals surface area contributed by atoms with Gasteiger partial charge in [0, 0.05) is 18.8 Å². The zero-order chi connectivity index (χ0) is 21.0. The zero-order valence-electron chi connectivity index (χ0n) is 16.0. The molecule has 0 amide bonds. The third kappa shape index (κ3) is 3.55. The molecule has 4 rings (SSSR count). The number of pyridine rings is 2.